The van der Waals surface area contributed by atoms with Crippen molar-refractivity contribution in [3.05, 3.63) is 23.8 Å². The fraction of sp³-hybridized carbons (Fsp3) is 0.833. The molecule has 3 saturated carbocycles. The Morgan fingerprint density at radius 1 is 1.12 bits per heavy atom. The van der Waals surface area contributed by atoms with E-state index in [9.17, 15) is 4.79 Å². The number of rotatable bonds is 5. The van der Waals surface area contributed by atoms with Crippen molar-refractivity contribution in [3.8, 4) is 0 Å². The topological polar surface area (TPSA) is 43.1 Å². The van der Waals surface area contributed by atoms with Crippen LogP contribution in [0.3, 0.4) is 0 Å². The molecule has 4 aliphatic carbocycles. The van der Waals surface area contributed by atoms with Crippen molar-refractivity contribution in [2.24, 2.45) is 50.6 Å². The molecule has 0 heterocycles. The van der Waals surface area contributed by atoms with Gasteiger partial charge in [0.1, 0.15) is 6.29 Å². The van der Waals surface area contributed by atoms with E-state index in [1.54, 1.807) is 5.57 Å². The number of carbonyl (C=O) groups excluding carboxylic acids is 1. The molecule has 2 N–H and O–H groups in total. The van der Waals surface area contributed by atoms with E-state index in [-0.39, 0.29) is 21.7 Å². The molecule has 3 fully saturated rings. The van der Waals surface area contributed by atoms with E-state index in [1.807, 2.05) is 0 Å². The van der Waals surface area contributed by atoms with Crippen LogP contribution in [-0.2, 0) is 4.79 Å². The first-order valence-electron chi connectivity index (χ1n) is 13.4. The first-order valence-corrected chi connectivity index (χ1v) is 13.4. The molecule has 180 valence electrons. The molecule has 0 radical (unpaired) electrons. The number of fused-ring (bicyclic) bond motifs is 5. The third-order valence-corrected chi connectivity index (χ3v) is 11.7. The average Bonchev–Trinajstić information content (AvgIpc) is 2.72. The Labute approximate surface area is 197 Å². The van der Waals surface area contributed by atoms with Crippen LogP contribution in [0.2, 0.25) is 0 Å². The zero-order chi connectivity index (χ0) is 23.6. The fourth-order valence-corrected chi connectivity index (χ4v) is 9.51. The summed E-state index contributed by atoms with van der Waals surface area (Å²) in [5.41, 5.74) is 10.0. The Morgan fingerprint density at radius 2 is 1.81 bits per heavy atom. The Kier molecular flexibility index (Phi) is 5.93. The van der Waals surface area contributed by atoms with Crippen LogP contribution in [0.5, 0.6) is 0 Å². The Morgan fingerprint density at radius 3 is 2.44 bits per heavy atom. The molecule has 32 heavy (non-hydrogen) atoms. The first kappa shape index (κ1) is 24.2. The molecule has 0 saturated heterocycles. The maximum absolute atomic E-state index is 12.6. The van der Waals surface area contributed by atoms with Gasteiger partial charge in [0.05, 0.1) is 0 Å². The number of aldehydes is 1. The van der Waals surface area contributed by atoms with Gasteiger partial charge in [-0.3, -0.25) is 0 Å². The molecule has 0 aromatic heterocycles. The highest BCUT2D eigenvalue weighted by Crippen LogP contribution is 2.73. The molecule has 0 aliphatic heterocycles. The molecule has 0 amide bonds. The van der Waals surface area contributed by atoms with Gasteiger partial charge in [-0.15, -0.1) is 0 Å². The van der Waals surface area contributed by atoms with Crippen LogP contribution in [0.15, 0.2) is 23.8 Å². The predicted octanol–water partition coefficient (Wildman–Crippen LogP) is 7.48. The first-order chi connectivity index (χ1) is 14.9. The van der Waals surface area contributed by atoms with Gasteiger partial charge in [-0.05, 0) is 117 Å². The van der Waals surface area contributed by atoms with Gasteiger partial charge in [-0.2, -0.15) is 0 Å². The van der Waals surface area contributed by atoms with Gasteiger partial charge in [0.2, 0.25) is 0 Å². The third kappa shape index (κ3) is 3.25. The lowest BCUT2D eigenvalue weighted by atomic mass is 9.35. The molecule has 2 heteroatoms. The molecule has 7 atom stereocenters. The Hall–Kier alpha value is -0.890. The highest BCUT2D eigenvalue weighted by atomic mass is 16.1. The number of hydrogen-bond acceptors (Lipinski definition) is 2. The standard InChI is InChI=1S/C30H49NO/c1-21(2)22-11-13-29(7)25(27(22,5)12-8-18-31)10-9-23-24-19-26(3,4)14-16-30(24,20-32)17-15-28(23,29)6/h9,20,22,24-25H,1,8,10-19,31H2,2-7H3/t22-,24-,25+,27-,28+,29+,30+/m0/s1. The number of nitrogens with two attached hydrogens (primary N) is 1. The third-order valence-electron chi connectivity index (χ3n) is 11.7. The average molecular weight is 440 g/mol. The maximum atomic E-state index is 12.6. The fourth-order valence-electron chi connectivity index (χ4n) is 9.51. The molecular weight excluding hydrogens is 390 g/mol. The van der Waals surface area contributed by atoms with Crippen LogP contribution in [-0.4, -0.2) is 12.8 Å². The van der Waals surface area contributed by atoms with Gasteiger partial charge in [0, 0.05) is 5.41 Å². The summed E-state index contributed by atoms with van der Waals surface area (Å²) in [6.07, 6.45) is 15.7. The molecule has 0 aromatic rings. The van der Waals surface area contributed by atoms with Crippen molar-refractivity contribution in [1.29, 1.82) is 0 Å². The van der Waals surface area contributed by atoms with E-state index in [2.05, 4.69) is 54.2 Å². The largest absolute Gasteiger partial charge is 0.330 e. The van der Waals surface area contributed by atoms with E-state index < -0.39 is 0 Å². The van der Waals surface area contributed by atoms with Crippen molar-refractivity contribution in [2.75, 3.05) is 6.54 Å². The Balaban J connectivity index is 1.80. The zero-order valence-electron chi connectivity index (χ0n) is 21.9. The van der Waals surface area contributed by atoms with Crippen molar-refractivity contribution >= 4 is 6.29 Å². The predicted molar refractivity (Wildman–Crippen MR) is 135 cm³/mol. The molecule has 0 aromatic carbocycles. The Bertz CT molecular complexity index is 810. The molecule has 0 spiro atoms. The molecule has 4 aliphatic rings. The van der Waals surface area contributed by atoms with Gasteiger partial charge in [0.15, 0.2) is 0 Å². The van der Waals surface area contributed by atoms with Crippen LogP contribution in [0.4, 0.5) is 0 Å². The summed E-state index contributed by atoms with van der Waals surface area (Å²) >= 11 is 0. The van der Waals surface area contributed by atoms with Crippen molar-refractivity contribution in [3.63, 3.8) is 0 Å². The van der Waals surface area contributed by atoms with E-state index in [0.717, 1.165) is 32.2 Å². The lowest BCUT2D eigenvalue weighted by Gasteiger charge is -2.69. The van der Waals surface area contributed by atoms with E-state index >= 15 is 0 Å². The molecule has 0 bridgehead atoms. The van der Waals surface area contributed by atoms with Crippen LogP contribution in [0.1, 0.15) is 106 Å². The van der Waals surface area contributed by atoms with Crippen molar-refractivity contribution < 1.29 is 4.79 Å². The second-order valence-electron chi connectivity index (χ2n) is 13.8. The van der Waals surface area contributed by atoms with E-state index in [0.29, 0.717) is 23.2 Å². The quantitative estimate of drug-likeness (QED) is 0.356. The molecular formula is C30H49NO. The summed E-state index contributed by atoms with van der Waals surface area (Å²) in [7, 11) is 0. The highest BCUT2D eigenvalue weighted by molar-refractivity contribution is 5.63. The lowest BCUT2D eigenvalue weighted by molar-refractivity contribution is -0.149. The SMILES string of the molecule is C=C(C)[C@@H]1CC[C@]2(C)[C@H](CC=C3[C@@H]4CC(C)(C)CC[C@]4(C=O)CC[C@]32C)[C@@]1(C)CCCN. The summed E-state index contributed by atoms with van der Waals surface area (Å²) in [5.74, 6) is 1.69. The number of allylic oxidation sites excluding steroid dienone is 3. The summed E-state index contributed by atoms with van der Waals surface area (Å²) in [4.78, 5) is 12.6. The van der Waals surface area contributed by atoms with Crippen LogP contribution in [0.25, 0.3) is 0 Å². The second kappa shape index (κ2) is 7.82. The van der Waals surface area contributed by atoms with E-state index in [4.69, 9.17) is 5.73 Å². The van der Waals surface area contributed by atoms with Crippen LogP contribution >= 0.6 is 0 Å². The van der Waals surface area contributed by atoms with Gasteiger partial charge < -0.3 is 10.5 Å². The highest BCUT2D eigenvalue weighted by Gasteiger charge is 2.65. The molecule has 2 nitrogen and oxygen atoms in total. The normalized spacial score (nSPS) is 47.5. The summed E-state index contributed by atoms with van der Waals surface area (Å²) in [6.45, 7) is 20.1. The summed E-state index contributed by atoms with van der Waals surface area (Å²) in [5, 5.41) is 0. The zero-order valence-corrected chi connectivity index (χ0v) is 21.9. The monoisotopic (exact) mass is 439 g/mol. The molecule has 0 unspecified atom stereocenters. The summed E-state index contributed by atoms with van der Waals surface area (Å²) < 4.78 is 0. The van der Waals surface area contributed by atoms with Gasteiger partial charge in [-0.1, -0.05) is 58.4 Å². The van der Waals surface area contributed by atoms with Gasteiger partial charge in [-0.25, -0.2) is 0 Å². The van der Waals surface area contributed by atoms with Crippen LogP contribution < -0.4 is 5.73 Å². The maximum Gasteiger partial charge on any atom is 0.126 e. The van der Waals surface area contributed by atoms with Gasteiger partial charge >= 0.3 is 0 Å². The number of hydrogen-bond donors (Lipinski definition) is 1. The smallest absolute Gasteiger partial charge is 0.126 e. The van der Waals surface area contributed by atoms with Crippen molar-refractivity contribution in [1.82, 2.24) is 0 Å². The minimum atomic E-state index is -0.109. The van der Waals surface area contributed by atoms with E-state index in [1.165, 1.54) is 50.4 Å². The van der Waals surface area contributed by atoms with Gasteiger partial charge in [0.25, 0.3) is 0 Å². The summed E-state index contributed by atoms with van der Waals surface area (Å²) in [6, 6.07) is 0. The number of carbonyl (C=O) groups is 1. The minimum absolute atomic E-state index is 0.109. The van der Waals surface area contributed by atoms with Crippen molar-refractivity contribution in [2.45, 2.75) is 106 Å². The lowest BCUT2D eigenvalue weighted by Crippen LogP contribution is -2.61. The second-order valence-corrected chi connectivity index (χ2v) is 13.8. The van der Waals surface area contributed by atoms with Crippen LogP contribution in [0, 0.1) is 44.8 Å². The molecule has 4 rings (SSSR count). The minimum Gasteiger partial charge on any atom is -0.330 e.